The standard InChI is InChI=1S/C22H30O6/c1-10-7-14(26-5)20(25)22(4)12(10)8-15-21(3)13(9-16(23)28-15)11(2)18(27-6)17(24)19(21)22/h7,10,12-13,15-16,19,23H,8-9H2,1-6H3/t10-,12-,13+,15-,16-,19+,21-,22-/m1/s1. The summed E-state index contributed by atoms with van der Waals surface area (Å²) in [6.07, 6.45) is 1.70. The van der Waals surface area contributed by atoms with Crippen LogP contribution >= 0.6 is 0 Å². The summed E-state index contributed by atoms with van der Waals surface area (Å²) in [6, 6.07) is 0. The molecule has 4 rings (SSSR count). The van der Waals surface area contributed by atoms with Crippen LogP contribution < -0.4 is 0 Å². The fourth-order valence-electron chi connectivity index (χ4n) is 6.96. The van der Waals surface area contributed by atoms with Crippen LogP contribution in [-0.4, -0.2) is 43.3 Å². The number of carbonyl (C=O) groups excluding carboxylic acids is 2. The zero-order chi connectivity index (χ0) is 20.6. The highest BCUT2D eigenvalue weighted by Gasteiger charge is 2.71. The van der Waals surface area contributed by atoms with Gasteiger partial charge in [-0.25, -0.2) is 0 Å². The molecule has 28 heavy (non-hydrogen) atoms. The van der Waals surface area contributed by atoms with Gasteiger partial charge in [0.15, 0.2) is 17.8 Å². The van der Waals surface area contributed by atoms with Gasteiger partial charge in [-0.2, -0.15) is 0 Å². The molecule has 6 nitrogen and oxygen atoms in total. The average Bonchev–Trinajstić information content (AvgIpc) is 2.63. The van der Waals surface area contributed by atoms with E-state index in [4.69, 9.17) is 14.2 Å². The lowest BCUT2D eigenvalue weighted by molar-refractivity contribution is -0.272. The summed E-state index contributed by atoms with van der Waals surface area (Å²) in [4.78, 5) is 27.3. The van der Waals surface area contributed by atoms with Crippen LogP contribution in [0.3, 0.4) is 0 Å². The summed E-state index contributed by atoms with van der Waals surface area (Å²) in [5.41, 5.74) is -0.644. The highest BCUT2D eigenvalue weighted by Crippen LogP contribution is 2.67. The quantitative estimate of drug-likeness (QED) is 0.781. The third-order valence-electron chi connectivity index (χ3n) is 8.22. The van der Waals surface area contributed by atoms with E-state index in [2.05, 4.69) is 13.8 Å². The van der Waals surface area contributed by atoms with E-state index in [0.717, 1.165) is 5.57 Å². The second-order valence-electron chi connectivity index (χ2n) is 9.30. The molecule has 1 heterocycles. The maximum atomic E-state index is 13.7. The molecule has 8 atom stereocenters. The lowest BCUT2D eigenvalue weighted by Crippen LogP contribution is -2.69. The Bertz CT molecular complexity index is 797. The van der Waals surface area contributed by atoms with Crippen LogP contribution in [-0.2, 0) is 23.8 Å². The van der Waals surface area contributed by atoms with Crippen LogP contribution in [0.25, 0.3) is 0 Å². The number of Topliss-reactive ketones (excluding diaryl/α,β-unsaturated/α-hetero) is 2. The Hall–Kier alpha value is -1.66. The summed E-state index contributed by atoms with van der Waals surface area (Å²) in [5.74, 6) is -0.284. The van der Waals surface area contributed by atoms with Crippen molar-refractivity contribution in [3.8, 4) is 0 Å². The molecule has 0 amide bonds. The van der Waals surface area contributed by atoms with Crippen molar-refractivity contribution in [3.63, 3.8) is 0 Å². The SMILES string of the molecule is COC1=C[C@@H](C)[C@H]2C[C@H]3O[C@@H](O)C[C@H]4C(C)=C(OC)C(=O)[C@H]([C@]2(C)C1=O)[C@@]34C. The fraction of sp³-hybridized carbons (Fsp3) is 0.727. The zero-order valence-corrected chi connectivity index (χ0v) is 17.4. The molecule has 0 aromatic rings. The molecule has 0 aromatic carbocycles. The lowest BCUT2D eigenvalue weighted by Gasteiger charge is -2.65. The van der Waals surface area contributed by atoms with Crippen LogP contribution in [0.5, 0.6) is 0 Å². The number of ether oxygens (including phenoxy) is 3. The van der Waals surface area contributed by atoms with E-state index in [9.17, 15) is 14.7 Å². The van der Waals surface area contributed by atoms with Gasteiger partial charge in [0, 0.05) is 23.2 Å². The van der Waals surface area contributed by atoms with E-state index < -0.39 is 23.0 Å². The number of ketones is 2. The molecule has 0 unspecified atom stereocenters. The molecule has 0 bridgehead atoms. The van der Waals surface area contributed by atoms with Gasteiger partial charge in [0.1, 0.15) is 0 Å². The summed E-state index contributed by atoms with van der Waals surface area (Å²) >= 11 is 0. The summed E-state index contributed by atoms with van der Waals surface area (Å²) in [5, 5.41) is 10.4. The molecule has 154 valence electrons. The smallest absolute Gasteiger partial charge is 0.203 e. The minimum atomic E-state index is -0.907. The van der Waals surface area contributed by atoms with Gasteiger partial charge in [0.05, 0.1) is 20.3 Å². The topological polar surface area (TPSA) is 82.1 Å². The minimum absolute atomic E-state index is 0.0501. The van der Waals surface area contributed by atoms with E-state index in [1.807, 2.05) is 19.9 Å². The van der Waals surface area contributed by atoms with E-state index in [-0.39, 0.29) is 35.4 Å². The molecule has 0 spiro atoms. The molecule has 3 aliphatic carbocycles. The molecular weight excluding hydrogens is 360 g/mol. The first-order chi connectivity index (χ1) is 13.1. The fourth-order valence-corrected chi connectivity index (χ4v) is 6.96. The maximum Gasteiger partial charge on any atom is 0.203 e. The van der Waals surface area contributed by atoms with Crippen molar-refractivity contribution in [2.75, 3.05) is 14.2 Å². The number of aliphatic hydroxyl groups is 1. The zero-order valence-electron chi connectivity index (χ0n) is 17.4. The molecule has 1 aliphatic heterocycles. The number of hydrogen-bond donors (Lipinski definition) is 1. The molecule has 2 fully saturated rings. The van der Waals surface area contributed by atoms with Gasteiger partial charge in [-0.1, -0.05) is 20.8 Å². The number of rotatable bonds is 2. The predicted octanol–water partition coefficient (Wildman–Crippen LogP) is 2.61. The van der Waals surface area contributed by atoms with Crippen molar-refractivity contribution in [2.24, 2.45) is 34.5 Å². The summed E-state index contributed by atoms with van der Waals surface area (Å²) in [7, 11) is 3.00. The molecule has 1 saturated carbocycles. The van der Waals surface area contributed by atoms with Gasteiger partial charge < -0.3 is 19.3 Å². The Morgan fingerprint density at radius 3 is 2.46 bits per heavy atom. The van der Waals surface area contributed by atoms with Crippen molar-refractivity contribution in [1.29, 1.82) is 0 Å². The van der Waals surface area contributed by atoms with E-state index in [1.54, 1.807) is 0 Å². The van der Waals surface area contributed by atoms with Crippen molar-refractivity contribution in [1.82, 2.24) is 0 Å². The third-order valence-corrected chi connectivity index (χ3v) is 8.22. The molecule has 1 N–H and O–H groups in total. The number of methoxy groups -OCH3 is 2. The van der Waals surface area contributed by atoms with Crippen LogP contribution in [0.15, 0.2) is 23.2 Å². The predicted molar refractivity (Wildman–Crippen MR) is 101 cm³/mol. The molecule has 0 radical (unpaired) electrons. The maximum absolute atomic E-state index is 13.7. The monoisotopic (exact) mass is 390 g/mol. The number of carbonyl (C=O) groups is 2. The normalized spacial score (nSPS) is 47.9. The highest BCUT2D eigenvalue weighted by atomic mass is 16.6. The average molecular weight is 390 g/mol. The van der Waals surface area contributed by atoms with E-state index in [0.29, 0.717) is 24.4 Å². The van der Waals surface area contributed by atoms with Crippen molar-refractivity contribution in [3.05, 3.63) is 23.2 Å². The molecule has 4 aliphatic rings. The van der Waals surface area contributed by atoms with Crippen LogP contribution in [0, 0.1) is 34.5 Å². The van der Waals surface area contributed by atoms with E-state index >= 15 is 0 Å². The second kappa shape index (κ2) is 6.17. The van der Waals surface area contributed by atoms with Crippen molar-refractivity contribution in [2.45, 2.75) is 52.9 Å². The van der Waals surface area contributed by atoms with Gasteiger partial charge in [-0.05, 0) is 42.7 Å². The minimum Gasteiger partial charge on any atom is -0.493 e. The summed E-state index contributed by atoms with van der Waals surface area (Å²) in [6.45, 7) is 7.93. The Morgan fingerprint density at radius 1 is 1.18 bits per heavy atom. The van der Waals surface area contributed by atoms with Crippen LogP contribution in [0.4, 0.5) is 0 Å². The first-order valence-electron chi connectivity index (χ1n) is 10.0. The first kappa shape index (κ1) is 19.6. The lowest BCUT2D eigenvalue weighted by atomic mass is 9.40. The highest BCUT2D eigenvalue weighted by molar-refractivity contribution is 6.07. The Balaban J connectivity index is 1.97. The van der Waals surface area contributed by atoms with Crippen LogP contribution in [0.2, 0.25) is 0 Å². The molecule has 6 heteroatoms. The van der Waals surface area contributed by atoms with Gasteiger partial charge >= 0.3 is 0 Å². The number of fused-ring (bicyclic) bond motifs is 2. The Morgan fingerprint density at radius 2 is 1.86 bits per heavy atom. The van der Waals surface area contributed by atoms with Crippen LogP contribution in [0.1, 0.15) is 40.5 Å². The van der Waals surface area contributed by atoms with Gasteiger partial charge in [0.25, 0.3) is 0 Å². The summed E-state index contributed by atoms with van der Waals surface area (Å²) < 4.78 is 16.9. The Kier molecular flexibility index (Phi) is 4.33. The largest absolute Gasteiger partial charge is 0.493 e. The molecule has 1 saturated heterocycles. The van der Waals surface area contributed by atoms with E-state index in [1.165, 1.54) is 14.2 Å². The van der Waals surface area contributed by atoms with Gasteiger partial charge in [0.2, 0.25) is 11.6 Å². The molecule has 0 aromatic heterocycles. The number of hydrogen-bond acceptors (Lipinski definition) is 6. The van der Waals surface area contributed by atoms with Gasteiger partial charge in [-0.15, -0.1) is 0 Å². The van der Waals surface area contributed by atoms with Crippen molar-refractivity contribution < 1.29 is 28.9 Å². The third kappa shape index (κ3) is 2.16. The number of aliphatic hydroxyl groups excluding tert-OH is 1. The Labute approximate surface area is 165 Å². The molecular formula is C22H30O6. The first-order valence-corrected chi connectivity index (χ1v) is 10.0. The van der Waals surface area contributed by atoms with Gasteiger partial charge in [-0.3, -0.25) is 9.59 Å². The second-order valence-corrected chi connectivity index (χ2v) is 9.30. The van der Waals surface area contributed by atoms with Crippen molar-refractivity contribution >= 4 is 11.6 Å². The number of allylic oxidation sites excluding steroid dienone is 4.